The molecule has 0 spiro atoms. The largest absolute Gasteiger partial charge is 0.508 e. The smallest absolute Gasteiger partial charge is 0.243 e. The normalized spacial score (nSPS) is 16.3. The van der Waals surface area contributed by atoms with Gasteiger partial charge >= 0.3 is 0 Å². The topological polar surface area (TPSA) is 184 Å². The monoisotopic (exact) mass is 660 g/mol. The lowest BCUT2D eigenvalue weighted by Gasteiger charge is -2.29. The number of aromatic hydroxyl groups is 1. The number of hydrogen-bond acceptors (Lipinski definition) is 6. The van der Waals surface area contributed by atoms with Crippen LogP contribution < -0.4 is 22.1 Å². The number of carbonyl (C=O) groups is 4. The van der Waals surface area contributed by atoms with Crippen molar-refractivity contribution in [2.75, 3.05) is 6.54 Å². The maximum atomic E-state index is 14.0. The van der Waals surface area contributed by atoms with Crippen LogP contribution in [0.15, 0.2) is 97.2 Å². The van der Waals surface area contributed by atoms with Gasteiger partial charge in [-0.1, -0.05) is 72.8 Å². The molecule has 8 N–H and O–H groups in total. The van der Waals surface area contributed by atoms with E-state index in [0.29, 0.717) is 19.4 Å². The van der Waals surface area contributed by atoms with Crippen LogP contribution in [0.3, 0.4) is 0 Å². The number of aromatic nitrogens is 1. The van der Waals surface area contributed by atoms with Gasteiger partial charge in [-0.3, -0.25) is 19.2 Å². The molecule has 1 aliphatic rings. The first-order chi connectivity index (χ1) is 23.7. The highest BCUT2D eigenvalue weighted by molar-refractivity contribution is 5.96. The number of fused-ring (bicyclic) bond motifs is 2. The van der Waals surface area contributed by atoms with Crippen molar-refractivity contribution in [3.63, 3.8) is 0 Å². The molecule has 11 nitrogen and oxygen atoms in total. The van der Waals surface area contributed by atoms with E-state index in [2.05, 4.69) is 15.6 Å². The molecule has 4 amide bonds. The van der Waals surface area contributed by atoms with Gasteiger partial charge in [0.2, 0.25) is 23.6 Å². The number of benzene rings is 4. The molecule has 5 aromatic rings. The fourth-order valence-corrected chi connectivity index (χ4v) is 6.58. The zero-order valence-corrected chi connectivity index (χ0v) is 27.0. The summed E-state index contributed by atoms with van der Waals surface area (Å²) >= 11 is 0. The number of nitrogens with one attached hydrogen (secondary N) is 3. The van der Waals surface area contributed by atoms with Gasteiger partial charge in [-0.05, 0) is 64.9 Å². The number of rotatable bonds is 12. The number of nitrogens with two attached hydrogens (primary N) is 2. The Morgan fingerprint density at radius 1 is 0.837 bits per heavy atom. The van der Waals surface area contributed by atoms with Crippen LogP contribution in [0.5, 0.6) is 5.75 Å². The van der Waals surface area contributed by atoms with Gasteiger partial charge in [0, 0.05) is 36.5 Å². The highest BCUT2D eigenvalue weighted by Gasteiger charge is 2.38. The van der Waals surface area contributed by atoms with E-state index in [1.807, 2.05) is 66.7 Å². The Bertz CT molecular complexity index is 1990. The predicted octanol–water partition coefficient (Wildman–Crippen LogP) is 2.83. The first-order valence-corrected chi connectivity index (χ1v) is 16.4. The van der Waals surface area contributed by atoms with Crippen LogP contribution in [-0.4, -0.2) is 69.3 Å². The summed E-state index contributed by atoms with van der Waals surface area (Å²) in [5, 5.41) is 18.2. The zero-order chi connectivity index (χ0) is 34.5. The van der Waals surface area contributed by atoms with E-state index in [-0.39, 0.29) is 30.9 Å². The van der Waals surface area contributed by atoms with E-state index in [9.17, 15) is 24.3 Å². The fraction of sp³-hybridized carbons (Fsp3) is 0.263. The Kier molecular flexibility index (Phi) is 9.91. The van der Waals surface area contributed by atoms with Gasteiger partial charge < -0.3 is 37.1 Å². The van der Waals surface area contributed by atoms with E-state index in [1.165, 1.54) is 17.0 Å². The minimum atomic E-state index is -1.08. The molecule has 4 atom stereocenters. The molecule has 1 aromatic heterocycles. The zero-order valence-electron chi connectivity index (χ0n) is 27.0. The van der Waals surface area contributed by atoms with Crippen molar-refractivity contribution in [1.29, 1.82) is 0 Å². The third-order valence-electron chi connectivity index (χ3n) is 9.19. The van der Waals surface area contributed by atoms with E-state index in [4.69, 9.17) is 11.5 Å². The Morgan fingerprint density at radius 3 is 2.33 bits per heavy atom. The van der Waals surface area contributed by atoms with Crippen LogP contribution in [0, 0.1) is 0 Å². The number of phenols is 1. The number of nitrogens with zero attached hydrogens (tertiary/aromatic N) is 1. The van der Waals surface area contributed by atoms with E-state index >= 15 is 0 Å². The number of carbonyl (C=O) groups excluding carboxylic acids is 4. The van der Waals surface area contributed by atoms with Gasteiger partial charge in [0.15, 0.2) is 0 Å². The summed E-state index contributed by atoms with van der Waals surface area (Å²) < 4.78 is 0. The Morgan fingerprint density at radius 2 is 1.55 bits per heavy atom. The van der Waals surface area contributed by atoms with Gasteiger partial charge in [0.05, 0.1) is 6.04 Å². The van der Waals surface area contributed by atoms with Crippen molar-refractivity contribution in [1.82, 2.24) is 20.5 Å². The lowest BCUT2D eigenvalue weighted by atomic mass is 10.00. The van der Waals surface area contributed by atoms with Crippen molar-refractivity contribution in [2.45, 2.75) is 56.3 Å². The second-order valence-electron chi connectivity index (χ2n) is 12.6. The summed E-state index contributed by atoms with van der Waals surface area (Å²) in [4.78, 5) is 58.6. The second-order valence-corrected chi connectivity index (χ2v) is 12.6. The summed E-state index contributed by atoms with van der Waals surface area (Å²) in [5.41, 5.74) is 15.4. The molecular weight excluding hydrogens is 620 g/mol. The van der Waals surface area contributed by atoms with E-state index in [1.54, 1.807) is 18.3 Å². The highest BCUT2D eigenvalue weighted by atomic mass is 16.3. The summed E-state index contributed by atoms with van der Waals surface area (Å²) in [5.74, 6) is -2.00. The third-order valence-corrected chi connectivity index (χ3v) is 9.19. The van der Waals surface area contributed by atoms with Crippen molar-refractivity contribution < 1.29 is 24.3 Å². The number of para-hydroxylation sites is 1. The first kappa shape index (κ1) is 33.2. The van der Waals surface area contributed by atoms with Gasteiger partial charge in [-0.25, -0.2) is 0 Å². The lowest BCUT2D eigenvalue weighted by molar-refractivity contribution is -0.140. The second kappa shape index (κ2) is 14.6. The van der Waals surface area contributed by atoms with Crippen LogP contribution in [0.2, 0.25) is 0 Å². The van der Waals surface area contributed by atoms with Gasteiger partial charge in [-0.15, -0.1) is 0 Å². The molecule has 0 unspecified atom stereocenters. The van der Waals surface area contributed by atoms with Crippen LogP contribution >= 0.6 is 0 Å². The van der Waals surface area contributed by atoms with Crippen LogP contribution in [0.4, 0.5) is 0 Å². The van der Waals surface area contributed by atoms with Crippen molar-refractivity contribution in [3.05, 3.63) is 114 Å². The molecule has 0 radical (unpaired) electrons. The number of likely N-dealkylation sites (tertiary alicyclic amines) is 1. The quantitative estimate of drug-likeness (QED) is 0.120. The van der Waals surface area contributed by atoms with Gasteiger partial charge in [0.25, 0.3) is 0 Å². The molecular formula is C38H40N6O5. The Hall–Kier alpha value is -5.68. The van der Waals surface area contributed by atoms with Crippen molar-refractivity contribution in [2.24, 2.45) is 11.5 Å². The average molecular weight is 661 g/mol. The molecule has 4 aromatic carbocycles. The van der Waals surface area contributed by atoms with Gasteiger partial charge in [0.1, 0.15) is 23.9 Å². The number of amides is 4. The van der Waals surface area contributed by atoms with E-state index in [0.717, 1.165) is 38.4 Å². The summed E-state index contributed by atoms with van der Waals surface area (Å²) in [6, 6.07) is 23.9. The fourth-order valence-electron chi connectivity index (χ4n) is 6.58. The maximum absolute atomic E-state index is 14.0. The Labute approximate surface area is 283 Å². The molecule has 0 bridgehead atoms. The molecule has 0 aliphatic carbocycles. The number of H-pyrrole nitrogens is 1. The van der Waals surface area contributed by atoms with Crippen LogP contribution in [0.25, 0.3) is 21.7 Å². The minimum Gasteiger partial charge on any atom is -0.508 e. The first-order valence-electron chi connectivity index (χ1n) is 16.4. The standard InChI is InChI=1S/C38H40N6O5/c39-30(19-23-12-15-28(45)16-13-23)38(49)44-17-5-10-34(44)37(48)43-33(21-27-22-41-31-9-4-3-8-29(27)31)36(47)42-32(35(40)46)20-24-11-14-25-6-1-2-7-26(25)18-24/h1-4,6-9,11-16,18,22,30,32-34,41,45H,5,10,17,19-21,39H2,(H2,40,46)(H,42,47)(H,43,48)/t30-,32+,33-,34-/m0/s1. The number of aromatic amines is 1. The summed E-state index contributed by atoms with van der Waals surface area (Å²) in [6.45, 7) is 0.356. The molecule has 0 saturated carbocycles. The molecule has 1 saturated heterocycles. The molecule has 1 fully saturated rings. The van der Waals surface area contributed by atoms with Crippen LogP contribution in [0.1, 0.15) is 29.5 Å². The number of phenolic OH excluding ortho intramolecular Hbond substituents is 1. The summed E-state index contributed by atoms with van der Waals surface area (Å²) in [7, 11) is 0. The van der Waals surface area contributed by atoms with Crippen molar-refractivity contribution >= 4 is 45.3 Å². The highest BCUT2D eigenvalue weighted by Crippen LogP contribution is 2.23. The lowest BCUT2D eigenvalue weighted by Crippen LogP contribution is -2.58. The van der Waals surface area contributed by atoms with Gasteiger partial charge in [-0.2, -0.15) is 0 Å². The van der Waals surface area contributed by atoms with E-state index < -0.39 is 41.9 Å². The SMILES string of the molecule is NC(=O)[C@@H](Cc1ccc2ccccc2c1)NC(=O)[C@H](Cc1c[nH]c2ccccc12)NC(=O)[C@@H]1CCCN1C(=O)[C@@H](N)Cc1ccc(O)cc1. The number of hydrogen-bond donors (Lipinski definition) is 6. The molecule has 6 rings (SSSR count). The number of primary amides is 1. The van der Waals surface area contributed by atoms with Crippen molar-refractivity contribution in [3.8, 4) is 5.75 Å². The Balaban J connectivity index is 1.20. The maximum Gasteiger partial charge on any atom is 0.243 e. The molecule has 1 aliphatic heterocycles. The molecule has 2 heterocycles. The molecule has 49 heavy (non-hydrogen) atoms. The average Bonchev–Trinajstić information content (AvgIpc) is 3.76. The predicted molar refractivity (Wildman–Crippen MR) is 187 cm³/mol. The molecule has 11 heteroatoms. The van der Waals surface area contributed by atoms with Crippen LogP contribution in [-0.2, 0) is 38.4 Å². The minimum absolute atomic E-state index is 0.113. The summed E-state index contributed by atoms with van der Waals surface area (Å²) in [6.07, 6.45) is 3.35. The third kappa shape index (κ3) is 7.73. The molecule has 252 valence electrons.